The monoisotopic (exact) mass is 275 g/mol. The molecule has 3 nitrogen and oxygen atoms in total. The van der Waals surface area contributed by atoms with Gasteiger partial charge in [0.2, 0.25) is 0 Å². The van der Waals surface area contributed by atoms with E-state index in [-0.39, 0.29) is 0 Å². The molecule has 0 saturated carbocycles. The van der Waals surface area contributed by atoms with Gasteiger partial charge in [0.1, 0.15) is 24.9 Å². The lowest BCUT2D eigenvalue weighted by atomic mass is 10.3. The van der Waals surface area contributed by atoms with Crippen LogP contribution in [0.4, 0.5) is 8.78 Å². The van der Waals surface area contributed by atoms with E-state index in [2.05, 4.69) is 26.2 Å². The van der Waals surface area contributed by atoms with Gasteiger partial charge in [0.25, 0.3) is 0 Å². The zero-order valence-corrected chi connectivity index (χ0v) is 9.29. The van der Waals surface area contributed by atoms with Gasteiger partial charge in [0.05, 0.1) is 5.52 Å². The Labute approximate surface area is 93.2 Å². The smallest absolute Gasteiger partial charge is 0.114 e. The Morgan fingerprint density at radius 1 is 1.33 bits per heavy atom. The maximum absolute atomic E-state index is 12.5. The molecule has 80 valence electrons. The Morgan fingerprint density at radius 2 is 2.07 bits per heavy atom. The molecule has 0 bridgehead atoms. The summed E-state index contributed by atoms with van der Waals surface area (Å²) in [6.07, 6.45) is 0. The van der Waals surface area contributed by atoms with E-state index < -0.39 is 19.4 Å². The highest BCUT2D eigenvalue weighted by atomic mass is 79.9. The molecular formula is C9H8BrF2N3. The fourth-order valence-electron chi connectivity index (χ4n) is 1.35. The lowest BCUT2D eigenvalue weighted by molar-refractivity contribution is 0.274. The van der Waals surface area contributed by atoms with Crippen molar-refractivity contribution in [3.8, 4) is 0 Å². The van der Waals surface area contributed by atoms with Crippen LogP contribution >= 0.6 is 15.9 Å². The van der Waals surface area contributed by atoms with E-state index in [1.54, 1.807) is 18.2 Å². The average molecular weight is 276 g/mol. The van der Waals surface area contributed by atoms with Gasteiger partial charge in [-0.3, -0.25) is 0 Å². The lowest BCUT2D eigenvalue weighted by Crippen LogP contribution is -2.14. The Kier molecular flexibility index (Phi) is 2.95. The number of alkyl halides is 2. The van der Waals surface area contributed by atoms with Crippen molar-refractivity contribution < 1.29 is 8.78 Å². The van der Waals surface area contributed by atoms with Crippen molar-refractivity contribution in [2.24, 2.45) is 0 Å². The summed E-state index contributed by atoms with van der Waals surface area (Å²) in [6.45, 7) is -1.58. The van der Waals surface area contributed by atoms with Gasteiger partial charge in [-0.2, -0.15) is 0 Å². The minimum absolute atomic E-state index is 0.629. The Hall–Kier alpha value is -1.04. The van der Waals surface area contributed by atoms with Gasteiger partial charge in [-0.1, -0.05) is 21.1 Å². The molecule has 0 unspecified atom stereocenters. The van der Waals surface area contributed by atoms with Gasteiger partial charge in [-0.05, 0) is 18.2 Å². The molecular weight excluding hydrogens is 268 g/mol. The second-order valence-electron chi connectivity index (χ2n) is 3.13. The van der Waals surface area contributed by atoms with Crippen LogP contribution in [-0.2, 0) is 0 Å². The van der Waals surface area contributed by atoms with Crippen LogP contribution in [0.15, 0.2) is 22.7 Å². The highest BCUT2D eigenvalue weighted by Crippen LogP contribution is 2.20. The molecule has 1 aromatic heterocycles. The summed E-state index contributed by atoms with van der Waals surface area (Å²) in [6, 6.07) is 4.41. The molecule has 0 atom stereocenters. The summed E-state index contributed by atoms with van der Waals surface area (Å²) in [5, 5.41) is 7.58. The second-order valence-corrected chi connectivity index (χ2v) is 4.05. The standard InChI is InChI=1S/C9H8BrF2N3/c10-6-1-2-8-9(3-6)15(14-13-8)7(4-11)5-12/h1-3,7H,4-5H2. The molecule has 0 fully saturated rings. The van der Waals surface area contributed by atoms with Gasteiger partial charge in [0, 0.05) is 4.47 Å². The zero-order chi connectivity index (χ0) is 10.8. The summed E-state index contributed by atoms with van der Waals surface area (Å²) in [4.78, 5) is 0. The third-order valence-corrected chi connectivity index (χ3v) is 2.63. The molecule has 0 spiro atoms. The third-order valence-electron chi connectivity index (χ3n) is 2.14. The Morgan fingerprint density at radius 3 is 2.73 bits per heavy atom. The second kappa shape index (κ2) is 4.22. The van der Waals surface area contributed by atoms with Crippen molar-refractivity contribution in [3.05, 3.63) is 22.7 Å². The predicted molar refractivity (Wildman–Crippen MR) is 56.2 cm³/mol. The zero-order valence-electron chi connectivity index (χ0n) is 7.70. The van der Waals surface area contributed by atoms with E-state index in [0.29, 0.717) is 11.0 Å². The quantitative estimate of drug-likeness (QED) is 0.862. The summed E-state index contributed by atoms with van der Waals surface area (Å²) in [5.41, 5.74) is 1.26. The summed E-state index contributed by atoms with van der Waals surface area (Å²) >= 11 is 3.29. The summed E-state index contributed by atoms with van der Waals surface area (Å²) in [7, 11) is 0. The average Bonchev–Trinajstić information content (AvgIpc) is 2.64. The largest absolute Gasteiger partial charge is 0.249 e. The van der Waals surface area contributed by atoms with E-state index in [4.69, 9.17) is 0 Å². The van der Waals surface area contributed by atoms with Crippen molar-refractivity contribution in [1.82, 2.24) is 15.0 Å². The Balaban J connectivity index is 2.55. The highest BCUT2D eigenvalue weighted by molar-refractivity contribution is 9.10. The van der Waals surface area contributed by atoms with Crippen molar-refractivity contribution in [2.45, 2.75) is 6.04 Å². The van der Waals surface area contributed by atoms with Crippen LogP contribution in [0.3, 0.4) is 0 Å². The van der Waals surface area contributed by atoms with Crippen LogP contribution in [0.1, 0.15) is 6.04 Å². The van der Waals surface area contributed by atoms with Gasteiger partial charge < -0.3 is 0 Å². The molecule has 15 heavy (non-hydrogen) atoms. The van der Waals surface area contributed by atoms with Crippen LogP contribution < -0.4 is 0 Å². The fourth-order valence-corrected chi connectivity index (χ4v) is 1.70. The van der Waals surface area contributed by atoms with Crippen LogP contribution in [-0.4, -0.2) is 28.3 Å². The molecule has 2 rings (SSSR count). The summed E-state index contributed by atoms with van der Waals surface area (Å²) in [5.74, 6) is 0. The Bertz CT molecular complexity index is 467. The molecule has 6 heteroatoms. The van der Waals surface area contributed by atoms with Gasteiger partial charge in [-0.15, -0.1) is 5.10 Å². The number of hydrogen-bond acceptors (Lipinski definition) is 2. The van der Waals surface area contributed by atoms with Gasteiger partial charge >= 0.3 is 0 Å². The molecule has 0 aliphatic rings. The van der Waals surface area contributed by atoms with E-state index in [1.807, 2.05) is 0 Å². The van der Waals surface area contributed by atoms with Gasteiger partial charge in [-0.25, -0.2) is 13.5 Å². The van der Waals surface area contributed by atoms with Crippen LogP contribution in [0.2, 0.25) is 0 Å². The van der Waals surface area contributed by atoms with Crippen molar-refractivity contribution in [1.29, 1.82) is 0 Å². The molecule has 2 aromatic rings. The molecule has 0 aliphatic heterocycles. The normalized spacial score (nSPS) is 11.5. The van der Waals surface area contributed by atoms with E-state index in [0.717, 1.165) is 4.47 Å². The molecule has 1 aromatic carbocycles. The van der Waals surface area contributed by atoms with Crippen LogP contribution in [0.5, 0.6) is 0 Å². The van der Waals surface area contributed by atoms with E-state index >= 15 is 0 Å². The molecule has 1 heterocycles. The molecule has 0 aliphatic carbocycles. The van der Waals surface area contributed by atoms with E-state index in [1.165, 1.54) is 4.68 Å². The summed E-state index contributed by atoms with van der Waals surface area (Å²) < 4.78 is 27.1. The highest BCUT2D eigenvalue weighted by Gasteiger charge is 2.15. The van der Waals surface area contributed by atoms with Crippen LogP contribution in [0, 0.1) is 0 Å². The van der Waals surface area contributed by atoms with Gasteiger partial charge in [0.15, 0.2) is 0 Å². The van der Waals surface area contributed by atoms with Crippen molar-refractivity contribution in [3.63, 3.8) is 0 Å². The first-order valence-corrected chi connectivity index (χ1v) is 5.18. The maximum Gasteiger partial charge on any atom is 0.114 e. The number of benzene rings is 1. The van der Waals surface area contributed by atoms with E-state index in [9.17, 15) is 8.78 Å². The minimum atomic E-state index is -0.885. The predicted octanol–water partition coefficient (Wildman–Crippen LogP) is 2.67. The molecule has 0 amide bonds. The SMILES string of the molecule is FCC(CF)n1nnc2ccc(Br)cc21. The molecule has 0 radical (unpaired) electrons. The number of nitrogens with zero attached hydrogens (tertiary/aromatic N) is 3. The topological polar surface area (TPSA) is 30.7 Å². The first-order valence-electron chi connectivity index (χ1n) is 4.38. The first kappa shape index (κ1) is 10.5. The molecule has 0 saturated heterocycles. The van der Waals surface area contributed by atoms with Crippen molar-refractivity contribution in [2.75, 3.05) is 13.3 Å². The minimum Gasteiger partial charge on any atom is -0.249 e. The lowest BCUT2D eigenvalue weighted by Gasteiger charge is -2.09. The number of halogens is 3. The third kappa shape index (κ3) is 1.86. The molecule has 0 N–H and O–H groups in total. The van der Waals surface area contributed by atoms with Crippen molar-refractivity contribution >= 4 is 27.0 Å². The number of rotatable bonds is 3. The fraction of sp³-hybridized carbons (Fsp3) is 0.333. The number of fused-ring (bicyclic) bond motifs is 1. The number of aromatic nitrogens is 3. The van der Waals surface area contributed by atoms with Crippen LogP contribution in [0.25, 0.3) is 11.0 Å². The maximum atomic E-state index is 12.5. The number of hydrogen-bond donors (Lipinski definition) is 0. The first-order chi connectivity index (χ1) is 7.26.